The van der Waals surface area contributed by atoms with Gasteiger partial charge < -0.3 is 0 Å². The minimum atomic E-state index is -4.44. The van der Waals surface area contributed by atoms with Crippen LogP contribution in [0.25, 0.3) is 0 Å². The fourth-order valence-electron chi connectivity index (χ4n) is 1.92. The summed E-state index contributed by atoms with van der Waals surface area (Å²) in [5.74, 6) is 0. The first-order valence-electron chi connectivity index (χ1n) is 6.21. The predicted molar refractivity (Wildman–Crippen MR) is 68.6 cm³/mol. The third-order valence-electron chi connectivity index (χ3n) is 2.94. The number of alkyl halides is 3. The Morgan fingerprint density at radius 1 is 1.25 bits per heavy atom. The van der Waals surface area contributed by atoms with Gasteiger partial charge in [-0.2, -0.15) is 23.4 Å². The van der Waals surface area contributed by atoms with Crippen LogP contribution in [0.3, 0.4) is 0 Å². The van der Waals surface area contributed by atoms with Crippen molar-refractivity contribution in [1.29, 1.82) is 0 Å². The summed E-state index contributed by atoms with van der Waals surface area (Å²) in [5.41, 5.74) is 0.501. The Bertz CT molecular complexity index is 600. The molecule has 0 aliphatic rings. The van der Waals surface area contributed by atoms with E-state index in [2.05, 4.69) is 10.2 Å². The third kappa shape index (κ3) is 2.82. The Morgan fingerprint density at radius 3 is 2.45 bits per heavy atom. The third-order valence-corrected chi connectivity index (χ3v) is 3.37. The van der Waals surface area contributed by atoms with Gasteiger partial charge in [-0.3, -0.25) is 9.36 Å². The maximum Gasteiger partial charge on any atom is 0.435 e. The van der Waals surface area contributed by atoms with Crippen molar-refractivity contribution in [3.63, 3.8) is 0 Å². The smallest absolute Gasteiger partial charge is 0.266 e. The lowest BCUT2D eigenvalue weighted by atomic mass is 10.3. The minimum Gasteiger partial charge on any atom is -0.266 e. The van der Waals surface area contributed by atoms with Crippen LogP contribution in [0.4, 0.5) is 13.2 Å². The van der Waals surface area contributed by atoms with Crippen LogP contribution in [-0.4, -0.2) is 19.6 Å². The molecular formula is C12H14ClF3N4. The van der Waals surface area contributed by atoms with Gasteiger partial charge in [0.25, 0.3) is 0 Å². The molecule has 2 aromatic rings. The van der Waals surface area contributed by atoms with E-state index < -0.39 is 11.9 Å². The highest BCUT2D eigenvalue weighted by Gasteiger charge is 2.33. The highest BCUT2D eigenvalue weighted by atomic mass is 35.5. The zero-order chi connectivity index (χ0) is 14.9. The standard InChI is InChI=1S/C12H14ClF3N4/c1-3-8-11(13)9(20(4-2)17-8)7-19-6-5-10(18-19)12(14,15)16/h5-6H,3-4,7H2,1-2H3. The maximum absolute atomic E-state index is 12.5. The fraction of sp³-hybridized carbons (Fsp3) is 0.500. The Balaban J connectivity index is 2.30. The van der Waals surface area contributed by atoms with Crippen molar-refractivity contribution in [3.8, 4) is 0 Å². The second-order valence-corrected chi connectivity index (χ2v) is 4.65. The maximum atomic E-state index is 12.5. The molecule has 0 radical (unpaired) electrons. The molecule has 0 aromatic carbocycles. The van der Waals surface area contributed by atoms with Crippen molar-refractivity contribution in [1.82, 2.24) is 19.6 Å². The van der Waals surface area contributed by atoms with Gasteiger partial charge in [-0.05, 0) is 19.4 Å². The molecule has 0 unspecified atom stereocenters. The van der Waals surface area contributed by atoms with E-state index in [1.165, 1.54) is 10.9 Å². The Labute approximate surface area is 119 Å². The second kappa shape index (κ2) is 5.47. The molecule has 0 spiro atoms. The van der Waals surface area contributed by atoms with Gasteiger partial charge in [0, 0.05) is 12.7 Å². The van der Waals surface area contributed by atoms with E-state index in [4.69, 9.17) is 11.6 Å². The van der Waals surface area contributed by atoms with Gasteiger partial charge in [0.1, 0.15) is 0 Å². The van der Waals surface area contributed by atoms with Gasteiger partial charge in [0.15, 0.2) is 5.69 Å². The Morgan fingerprint density at radius 2 is 1.95 bits per heavy atom. The van der Waals surface area contributed by atoms with Crippen molar-refractivity contribution in [2.45, 2.75) is 39.5 Å². The van der Waals surface area contributed by atoms with Crippen molar-refractivity contribution < 1.29 is 13.2 Å². The highest BCUT2D eigenvalue weighted by Crippen LogP contribution is 2.28. The van der Waals surface area contributed by atoms with Crippen LogP contribution >= 0.6 is 11.6 Å². The summed E-state index contributed by atoms with van der Waals surface area (Å²) < 4.78 is 40.4. The molecule has 0 bridgehead atoms. The Hall–Kier alpha value is -1.50. The quantitative estimate of drug-likeness (QED) is 0.868. The average molecular weight is 307 g/mol. The molecular weight excluding hydrogens is 293 g/mol. The molecule has 0 atom stereocenters. The summed E-state index contributed by atoms with van der Waals surface area (Å²) in [6.07, 6.45) is -2.47. The number of aryl methyl sites for hydroxylation is 2. The zero-order valence-corrected chi connectivity index (χ0v) is 11.8. The average Bonchev–Trinajstić information content (AvgIpc) is 2.96. The molecule has 0 aliphatic carbocycles. The van der Waals surface area contributed by atoms with Crippen LogP contribution in [0.5, 0.6) is 0 Å². The summed E-state index contributed by atoms with van der Waals surface area (Å²) in [6, 6.07) is 0.946. The number of halogens is 4. The van der Waals surface area contributed by atoms with Gasteiger partial charge in [-0.15, -0.1) is 0 Å². The molecule has 0 fully saturated rings. The van der Waals surface area contributed by atoms with E-state index in [1.54, 1.807) is 4.68 Å². The lowest BCUT2D eigenvalue weighted by Crippen LogP contribution is -2.11. The monoisotopic (exact) mass is 306 g/mol. The summed E-state index contributed by atoms with van der Waals surface area (Å²) in [4.78, 5) is 0. The molecule has 0 saturated heterocycles. The summed E-state index contributed by atoms with van der Waals surface area (Å²) >= 11 is 6.21. The molecule has 110 valence electrons. The molecule has 4 nitrogen and oxygen atoms in total. The largest absolute Gasteiger partial charge is 0.435 e. The zero-order valence-electron chi connectivity index (χ0n) is 11.1. The van der Waals surface area contributed by atoms with Crippen molar-refractivity contribution in [3.05, 3.63) is 34.4 Å². The predicted octanol–water partition coefficient (Wildman–Crippen LogP) is 3.38. The first-order valence-corrected chi connectivity index (χ1v) is 6.59. The van der Waals surface area contributed by atoms with E-state index in [0.717, 1.165) is 11.8 Å². The molecule has 0 N–H and O–H groups in total. The summed E-state index contributed by atoms with van der Waals surface area (Å²) in [5, 5.41) is 8.34. The summed E-state index contributed by atoms with van der Waals surface area (Å²) in [6.45, 7) is 4.59. The number of rotatable bonds is 4. The van der Waals surface area contributed by atoms with E-state index in [0.29, 0.717) is 23.7 Å². The van der Waals surface area contributed by atoms with Gasteiger partial charge in [0.2, 0.25) is 0 Å². The second-order valence-electron chi connectivity index (χ2n) is 4.27. The number of hydrogen-bond acceptors (Lipinski definition) is 2. The number of nitrogens with zero attached hydrogens (tertiary/aromatic N) is 4. The van der Waals surface area contributed by atoms with E-state index >= 15 is 0 Å². The van der Waals surface area contributed by atoms with Crippen LogP contribution in [0.1, 0.15) is 30.9 Å². The summed E-state index contributed by atoms with van der Waals surface area (Å²) in [7, 11) is 0. The highest BCUT2D eigenvalue weighted by molar-refractivity contribution is 6.31. The molecule has 2 rings (SSSR count). The molecule has 0 amide bonds. The molecule has 2 heterocycles. The van der Waals surface area contributed by atoms with Gasteiger partial charge in [-0.1, -0.05) is 18.5 Å². The van der Waals surface area contributed by atoms with Crippen molar-refractivity contribution in [2.24, 2.45) is 0 Å². The van der Waals surface area contributed by atoms with E-state index in [-0.39, 0.29) is 6.54 Å². The van der Waals surface area contributed by atoms with Gasteiger partial charge in [-0.25, -0.2) is 0 Å². The molecule has 2 aromatic heterocycles. The minimum absolute atomic E-state index is 0.162. The lowest BCUT2D eigenvalue weighted by molar-refractivity contribution is -0.141. The molecule has 20 heavy (non-hydrogen) atoms. The van der Waals surface area contributed by atoms with Crippen LogP contribution in [-0.2, 0) is 25.7 Å². The van der Waals surface area contributed by atoms with E-state index in [1.807, 2.05) is 13.8 Å². The topological polar surface area (TPSA) is 35.6 Å². The van der Waals surface area contributed by atoms with Crippen molar-refractivity contribution in [2.75, 3.05) is 0 Å². The first-order chi connectivity index (χ1) is 9.36. The van der Waals surface area contributed by atoms with Gasteiger partial charge in [0.05, 0.1) is 23.0 Å². The van der Waals surface area contributed by atoms with Crippen LogP contribution < -0.4 is 0 Å². The van der Waals surface area contributed by atoms with E-state index in [9.17, 15) is 13.2 Å². The van der Waals surface area contributed by atoms with Crippen molar-refractivity contribution >= 4 is 11.6 Å². The van der Waals surface area contributed by atoms with Crippen LogP contribution in [0, 0.1) is 0 Å². The van der Waals surface area contributed by atoms with Crippen LogP contribution in [0.2, 0.25) is 5.02 Å². The van der Waals surface area contributed by atoms with Crippen LogP contribution in [0.15, 0.2) is 12.3 Å². The Kier molecular flexibility index (Phi) is 4.08. The lowest BCUT2D eigenvalue weighted by Gasteiger charge is -2.06. The SMILES string of the molecule is CCc1nn(CC)c(Cn2ccc(C(F)(F)F)n2)c1Cl. The fourth-order valence-corrected chi connectivity index (χ4v) is 2.25. The first kappa shape index (κ1) is 14.9. The number of hydrogen-bond donors (Lipinski definition) is 0. The van der Waals surface area contributed by atoms with Gasteiger partial charge >= 0.3 is 6.18 Å². The molecule has 8 heteroatoms. The molecule has 0 aliphatic heterocycles. The normalized spacial score (nSPS) is 12.1. The number of aromatic nitrogens is 4. The molecule has 0 saturated carbocycles.